The molecule has 0 radical (unpaired) electrons. The molecule has 0 aliphatic rings. The summed E-state index contributed by atoms with van der Waals surface area (Å²) in [4.78, 5) is 0. The first-order chi connectivity index (χ1) is 2.00. The number of hydrogen-bond acceptors (Lipinski definition) is 1. The molecule has 0 heterocycles. The molecule has 0 aliphatic heterocycles. The smallest absolute Gasteiger partial charge is 0.116 e. The van der Waals surface area contributed by atoms with Gasteiger partial charge in [-0.15, -0.1) is 36.7 Å². The van der Waals surface area contributed by atoms with E-state index in [4.69, 9.17) is 5.16 Å². The van der Waals surface area contributed by atoms with Gasteiger partial charge in [0.1, 0.15) is 4.66 Å². The fourth-order valence-corrected chi connectivity index (χ4v) is 0. The number of hydrogen-bond donors (Lipinski definition) is 4. The van der Waals surface area contributed by atoms with Crippen molar-refractivity contribution in [1.82, 2.24) is 0 Å². The summed E-state index contributed by atoms with van der Waals surface area (Å²) >= 11 is 10.9. The van der Waals surface area contributed by atoms with Crippen LogP contribution in [-0.4, -0.2) is 0 Å². The first kappa shape index (κ1) is 6.28. The SMILES string of the molecule is N=P(S)(S)S. The predicted octanol–water partition coefficient (Wildman–Crippen LogP) is 2.30. The van der Waals surface area contributed by atoms with Gasteiger partial charge in [0, 0.05) is 0 Å². The maximum absolute atomic E-state index is 6.64. The second-order valence-electron chi connectivity index (χ2n) is 0.568. The molecule has 0 bridgehead atoms. The number of nitrogens with one attached hydrogen (secondary N) is 1. The van der Waals surface area contributed by atoms with Crippen LogP contribution in [0.15, 0.2) is 0 Å². The van der Waals surface area contributed by atoms with Crippen LogP contribution in [0.3, 0.4) is 0 Å². The van der Waals surface area contributed by atoms with Crippen molar-refractivity contribution in [2.75, 3.05) is 0 Å². The first-order valence-electron chi connectivity index (χ1n) is 0.824. The van der Waals surface area contributed by atoms with Gasteiger partial charge in [0.15, 0.2) is 0 Å². The zero-order chi connectivity index (χ0) is 4.50. The summed E-state index contributed by atoms with van der Waals surface area (Å²) in [6.07, 6.45) is 0. The van der Waals surface area contributed by atoms with E-state index < -0.39 is 4.66 Å². The minimum absolute atomic E-state index is 2.06. The Morgan fingerprint density at radius 2 is 1.20 bits per heavy atom. The van der Waals surface area contributed by atoms with Gasteiger partial charge in [-0.3, -0.25) is 5.16 Å². The molecule has 0 saturated heterocycles. The Hall–Kier alpha value is 1.28. The normalized spacial score (nSPS) is 11.8. The molecule has 1 N–H and O–H groups in total. The third-order valence-corrected chi connectivity index (χ3v) is 0. The Balaban J connectivity index is 3.47. The van der Waals surface area contributed by atoms with Crippen LogP contribution in [-0.2, 0) is 0 Å². The van der Waals surface area contributed by atoms with Gasteiger partial charge in [-0.25, -0.2) is 0 Å². The summed E-state index contributed by atoms with van der Waals surface area (Å²) in [5.41, 5.74) is 0. The standard InChI is InChI=1S/H4NPS3/c1-2(3,4)5/h(H4,1,3,4,5). The van der Waals surface area contributed by atoms with Crippen LogP contribution >= 0.6 is 41.4 Å². The van der Waals surface area contributed by atoms with Gasteiger partial charge in [-0.05, 0) is 0 Å². The van der Waals surface area contributed by atoms with Crippen molar-refractivity contribution < 1.29 is 0 Å². The highest BCUT2D eigenvalue weighted by Gasteiger charge is 1.87. The molecule has 5 heavy (non-hydrogen) atoms. The maximum atomic E-state index is 6.64. The number of rotatable bonds is 0. The minimum Gasteiger partial charge on any atom is -0.290 e. The average Bonchev–Trinajstić information content (AvgIpc) is 0.722. The molecule has 0 atom stereocenters. The fraction of sp³-hybridized carbons (Fsp3) is 0. The van der Waals surface area contributed by atoms with Crippen molar-refractivity contribution in [3.63, 3.8) is 0 Å². The summed E-state index contributed by atoms with van der Waals surface area (Å²) in [5, 5.41) is 6.64. The lowest BCUT2D eigenvalue weighted by Gasteiger charge is -1.89. The molecular formula is H4NPS3. The van der Waals surface area contributed by atoms with Crippen LogP contribution in [0.1, 0.15) is 0 Å². The second kappa shape index (κ2) is 1.82. The predicted molar refractivity (Wildman–Crippen MR) is 36.6 cm³/mol. The average molecular weight is 145 g/mol. The molecule has 0 fully saturated rings. The zero-order valence-electron chi connectivity index (χ0n) is 2.29. The van der Waals surface area contributed by atoms with Gasteiger partial charge in [-0.2, -0.15) is 0 Å². The molecule has 0 aromatic carbocycles. The lowest BCUT2D eigenvalue weighted by Crippen LogP contribution is -1.18. The van der Waals surface area contributed by atoms with Crippen molar-refractivity contribution in [2.45, 2.75) is 0 Å². The van der Waals surface area contributed by atoms with E-state index in [-0.39, 0.29) is 0 Å². The third kappa shape index (κ3) is 34.7. The van der Waals surface area contributed by atoms with Crippen LogP contribution in [0.5, 0.6) is 0 Å². The largest absolute Gasteiger partial charge is 0.290 e. The quantitative estimate of drug-likeness (QED) is 0.297. The van der Waals surface area contributed by atoms with E-state index in [0.717, 1.165) is 0 Å². The summed E-state index contributed by atoms with van der Waals surface area (Å²) in [7, 11) is 0. The van der Waals surface area contributed by atoms with E-state index in [2.05, 4.69) is 36.7 Å². The molecule has 5 heteroatoms. The van der Waals surface area contributed by atoms with Crippen molar-refractivity contribution in [2.24, 2.45) is 0 Å². The molecular weight excluding hydrogens is 141 g/mol. The van der Waals surface area contributed by atoms with E-state index in [1.807, 2.05) is 0 Å². The monoisotopic (exact) mass is 145 g/mol. The minimum atomic E-state index is -2.06. The maximum Gasteiger partial charge on any atom is 0.116 e. The molecule has 0 rings (SSSR count). The third-order valence-electron chi connectivity index (χ3n) is 0. The highest BCUT2D eigenvalue weighted by Crippen LogP contribution is 2.60. The highest BCUT2D eigenvalue weighted by molar-refractivity contribution is 9.05. The van der Waals surface area contributed by atoms with Crippen molar-refractivity contribution in [1.29, 1.82) is 5.16 Å². The van der Waals surface area contributed by atoms with Gasteiger partial charge in [0.05, 0.1) is 0 Å². The van der Waals surface area contributed by atoms with Gasteiger partial charge in [0.2, 0.25) is 0 Å². The summed E-state index contributed by atoms with van der Waals surface area (Å²) in [6.45, 7) is 0. The topological polar surface area (TPSA) is 23.9 Å². The molecule has 0 spiro atoms. The van der Waals surface area contributed by atoms with Crippen LogP contribution in [0.2, 0.25) is 0 Å². The lowest BCUT2D eigenvalue weighted by atomic mass is 14.0. The van der Waals surface area contributed by atoms with Crippen molar-refractivity contribution in [3.05, 3.63) is 0 Å². The van der Waals surface area contributed by atoms with Gasteiger partial charge >= 0.3 is 0 Å². The summed E-state index contributed by atoms with van der Waals surface area (Å²) in [6, 6.07) is 0. The Labute approximate surface area is 46.9 Å². The van der Waals surface area contributed by atoms with Crippen molar-refractivity contribution >= 4 is 41.4 Å². The lowest BCUT2D eigenvalue weighted by molar-refractivity contribution is 1.65. The van der Waals surface area contributed by atoms with Gasteiger partial charge in [-0.1, -0.05) is 0 Å². The second-order valence-corrected chi connectivity index (χ2v) is 9.94. The van der Waals surface area contributed by atoms with Crippen LogP contribution in [0.25, 0.3) is 0 Å². The molecule has 0 amide bonds. The van der Waals surface area contributed by atoms with E-state index in [9.17, 15) is 0 Å². The Bertz CT molecular complexity index is 53.0. The molecule has 0 saturated carbocycles. The highest BCUT2D eigenvalue weighted by atomic mass is 33.3. The first-order valence-corrected chi connectivity index (χ1v) is 6.07. The summed E-state index contributed by atoms with van der Waals surface area (Å²) in [5.74, 6) is 0. The Morgan fingerprint density at radius 1 is 1.20 bits per heavy atom. The van der Waals surface area contributed by atoms with E-state index in [1.165, 1.54) is 0 Å². The van der Waals surface area contributed by atoms with Crippen LogP contribution in [0.4, 0.5) is 0 Å². The van der Waals surface area contributed by atoms with Gasteiger partial charge < -0.3 is 0 Å². The van der Waals surface area contributed by atoms with Crippen LogP contribution < -0.4 is 0 Å². The van der Waals surface area contributed by atoms with E-state index >= 15 is 0 Å². The molecule has 0 unspecified atom stereocenters. The van der Waals surface area contributed by atoms with E-state index in [1.54, 1.807) is 0 Å². The van der Waals surface area contributed by atoms with Crippen LogP contribution in [0, 0.1) is 5.16 Å². The molecule has 1 nitrogen and oxygen atoms in total. The molecule has 32 valence electrons. The Morgan fingerprint density at radius 3 is 1.20 bits per heavy atom. The summed E-state index contributed by atoms with van der Waals surface area (Å²) < 4.78 is -2.06. The van der Waals surface area contributed by atoms with E-state index in [0.29, 0.717) is 0 Å². The zero-order valence-corrected chi connectivity index (χ0v) is 5.87. The van der Waals surface area contributed by atoms with Crippen molar-refractivity contribution in [3.8, 4) is 0 Å². The van der Waals surface area contributed by atoms with Gasteiger partial charge in [0.25, 0.3) is 0 Å². The number of thiol groups is 3. The fourth-order valence-electron chi connectivity index (χ4n) is 0. The molecule has 0 aromatic heterocycles. The Kier molecular flexibility index (Phi) is 2.29. The molecule has 0 aromatic rings. The molecule has 0 aliphatic carbocycles.